The molecular formula is C15H14ClNO2. The molecule has 4 heteroatoms. The standard InChI is InChI=1S/C15H14ClNO2/c1-10-3-2-4-12(7-10)13(15(18)19)8-11-5-6-14(16)17-9-11/h2-7,9,13H,8H2,1H3,(H,18,19). The Labute approximate surface area is 116 Å². The molecule has 0 aliphatic rings. The van der Waals surface area contributed by atoms with Crippen molar-refractivity contribution >= 4 is 17.6 Å². The maximum absolute atomic E-state index is 11.4. The highest BCUT2D eigenvalue weighted by Crippen LogP contribution is 2.22. The SMILES string of the molecule is Cc1cccc(C(Cc2ccc(Cl)nc2)C(=O)O)c1. The fraction of sp³-hybridized carbons (Fsp3) is 0.200. The summed E-state index contributed by atoms with van der Waals surface area (Å²) < 4.78 is 0. The van der Waals surface area contributed by atoms with Gasteiger partial charge >= 0.3 is 5.97 Å². The molecule has 1 N–H and O–H groups in total. The highest BCUT2D eigenvalue weighted by Gasteiger charge is 2.20. The molecule has 0 saturated heterocycles. The van der Waals surface area contributed by atoms with Crippen molar-refractivity contribution in [2.75, 3.05) is 0 Å². The molecule has 0 bridgehead atoms. The van der Waals surface area contributed by atoms with Crippen molar-refractivity contribution in [2.24, 2.45) is 0 Å². The van der Waals surface area contributed by atoms with Crippen LogP contribution in [0.25, 0.3) is 0 Å². The number of halogens is 1. The highest BCUT2D eigenvalue weighted by atomic mass is 35.5. The first kappa shape index (κ1) is 13.6. The molecule has 3 nitrogen and oxygen atoms in total. The maximum Gasteiger partial charge on any atom is 0.311 e. The van der Waals surface area contributed by atoms with Crippen LogP contribution in [0.1, 0.15) is 22.6 Å². The molecule has 1 heterocycles. The van der Waals surface area contributed by atoms with E-state index in [2.05, 4.69) is 4.98 Å². The predicted molar refractivity (Wildman–Crippen MR) is 74.5 cm³/mol. The molecule has 19 heavy (non-hydrogen) atoms. The summed E-state index contributed by atoms with van der Waals surface area (Å²) in [5, 5.41) is 9.80. The van der Waals surface area contributed by atoms with E-state index in [4.69, 9.17) is 11.6 Å². The van der Waals surface area contributed by atoms with E-state index in [0.717, 1.165) is 16.7 Å². The number of pyridine rings is 1. The zero-order valence-corrected chi connectivity index (χ0v) is 11.3. The minimum absolute atomic E-state index is 0.406. The Morgan fingerprint density at radius 3 is 2.74 bits per heavy atom. The minimum atomic E-state index is -0.833. The van der Waals surface area contributed by atoms with Gasteiger partial charge in [0.05, 0.1) is 5.92 Å². The number of hydrogen-bond acceptors (Lipinski definition) is 2. The Kier molecular flexibility index (Phi) is 4.17. The van der Waals surface area contributed by atoms with E-state index < -0.39 is 11.9 Å². The number of aryl methyl sites for hydroxylation is 1. The maximum atomic E-state index is 11.4. The van der Waals surface area contributed by atoms with E-state index in [-0.39, 0.29) is 0 Å². The molecule has 0 aliphatic carbocycles. The Balaban J connectivity index is 2.26. The van der Waals surface area contributed by atoms with Gasteiger partial charge in [0, 0.05) is 6.20 Å². The van der Waals surface area contributed by atoms with Crippen LogP contribution in [-0.4, -0.2) is 16.1 Å². The Morgan fingerprint density at radius 1 is 1.37 bits per heavy atom. The number of carboxylic acid groups (broad SMARTS) is 1. The van der Waals surface area contributed by atoms with Crippen LogP contribution >= 0.6 is 11.6 Å². The number of nitrogens with zero attached hydrogens (tertiary/aromatic N) is 1. The number of carbonyl (C=O) groups is 1. The number of carboxylic acids is 1. The zero-order chi connectivity index (χ0) is 13.8. The number of rotatable bonds is 4. The molecule has 1 unspecified atom stereocenters. The zero-order valence-electron chi connectivity index (χ0n) is 10.5. The quantitative estimate of drug-likeness (QED) is 0.870. The van der Waals surface area contributed by atoms with Crippen LogP contribution in [0.5, 0.6) is 0 Å². The van der Waals surface area contributed by atoms with Crippen molar-refractivity contribution in [1.82, 2.24) is 4.98 Å². The smallest absolute Gasteiger partial charge is 0.311 e. The first-order valence-corrected chi connectivity index (χ1v) is 6.34. The van der Waals surface area contributed by atoms with Crippen LogP contribution in [0.3, 0.4) is 0 Å². The van der Waals surface area contributed by atoms with Crippen molar-refractivity contribution in [2.45, 2.75) is 19.3 Å². The Bertz CT molecular complexity index is 581. The van der Waals surface area contributed by atoms with E-state index in [1.807, 2.05) is 31.2 Å². The summed E-state index contributed by atoms with van der Waals surface area (Å²) in [4.78, 5) is 15.4. The average Bonchev–Trinajstić information content (AvgIpc) is 2.37. The van der Waals surface area contributed by atoms with Gasteiger partial charge in [0.1, 0.15) is 5.15 Å². The summed E-state index contributed by atoms with van der Waals surface area (Å²) in [6.07, 6.45) is 2.02. The van der Waals surface area contributed by atoms with Gasteiger partial charge in [0.15, 0.2) is 0 Å². The van der Waals surface area contributed by atoms with Crippen molar-refractivity contribution in [3.63, 3.8) is 0 Å². The lowest BCUT2D eigenvalue weighted by atomic mass is 9.92. The second kappa shape index (κ2) is 5.85. The third-order valence-electron chi connectivity index (χ3n) is 2.97. The summed E-state index contributed by atoms with van der Waals surface area (Å²) in [6.45, 7) is 1.95. The summed E-state index contributed by atoms with van der Waals surface area (Å²) in [5.74, 6) is -1.40. The van der Waals surface area contributed by atoms with Gasteiger partial charge in [-0.2, -0.15) is 0 Å². The largest absolute Gasteiger partial charge is 0.481 e. The molecule has 2 rings (SSSR count). The molecule has 0 spiro atoms. The Morgan fingerprint density at radius 2 is 2.16 bits per heavy atom. The third kappa shape index (κ3) is 3.55. The van der Waals surface area contributed by atoms with Crippen molar-refractivity contribution < 1.29 is 9.90 Å². The van der Waals surface area contributed by atoms with Gasteiger partial charge in [-0.05, 0) is 30.5 Å². The van der Waals surface area contributed by atoms with Crippen molar-refractivity contribution in [1.29, 1.82) is 0 Å². The third-order valence-corrected chi connectivity index (χ3v) is 3.19. The van der Waals surface area contributed by atoms with E-state index in [1.54, 1.807) is 18.3 Å². The van der Waals surface area contributed by atoms with E-state index in [1.165, 1.54) is 0 Å². The fourth-order valence-electron chi connectivity index (χ4n) is 2.00. The van der Waals surface area contributed by atoms with Crippen LogP contribution in [0, 0.1) is 6.92 Å². The van der Waals surface area contributed by atoms with Crippen LogP contribution in [0.15, 0.2) is 42.6 Å². The van der Waals surface area contributed by atoms with Crippen molar-refractivity contribution in [3.8, 4) is 0 Å². The minimum Gasteiger partial charge on any atom is -0.481 e. The highest BCUT2D eigenvalue weighted by molar-refractivity contribution is 6.29. The second-order valence-electron chi connectivity index (χ2n) is 4.50. The predicted octanol–water partition coefficient (Wildman–Crippen LogP) is 3.45. The number of benzene rings is 1. The first-order chi connectivity index (χ1) is 9.06. The summed E-state index contributed by atoms with van der Waals surface area (Å²) >= 11 is 5.72. The van der Waals surface area contributed by atoms with Crippen LogP contribution in [0.2, 0.25) is 5.15 Å². The monoisotopic (exact) mass is 275 g/mol. The van der Waals surface area contributed by atoms with Crippen molar-refractivity contribution in [3.05, 3.63) is 64.4 Å². The van der Waals surface area contributed by atoms with Gasteiger partial charge in [-0.3, -0.25) is 4.79 Å². The average molecular weight is 276 g/mol. The number of aromatic nitrogens is 1. The lowest BCUT2D eigenvalue weighted by Gasteiger charge is -2.13. The topological polar surface area (TPSA) is 50.2 Å². The molecule has 2 aromatic rings. The molecule has 0 aliphatic heterocycles. The van der Waals surface area contributed by atoms with Gasteiger partial charge in [0.25, 0.3) is 0 Å². The fourth-order valence-corrected chi connectivity index (χ4v) is 2.11. The van der Waals surface area contributed by atoms with Crippen LogP contribution in [-0.2, 0) is 11.2 Å². The van der Waals surface area contributed by atoms with E-state index >= 15 is 0 Å². The van der Waals surface area contributed by atoms with E-state index in [0.29, 0.717) is 11.6 Å². The summed E-state index contributed by atoms with van der Waals surface area (Å²) in [5.41, 5.74) is 2.72. The molecule has 0 fully saturated rings. The molecule has 1 aromatic heterocycles. The molecule has 1 atom stereocenters. The molecule has 0 radical (unpaired) electrons. The van der Waals surface area contributed by atoms with Gasteiger partial charge in [-0.1, -0.05) is 47.5 Å². The number of aliphatic carboxylic acids is 1. The van der Waals surface area contributed by atoms with Gasteiger partial charge in [-0.25, -0.2) is 4.98 Å². The number of hydrogen-bond donors (Lipinski definition) is 1. The van der Waals surface area contributed by atoms with Gasteiger partial charge in [0.2, 0.25) is 0 Å². The van der Waals surface area contributed by atoms with Gasteiger partial charge in [-0.15, -0.1) is 0 Å². The molecule has 0 saturated carbocycles. The summed E-state index contributed by atoms with van der Waals surface area (Å²) in [6, 6.07) is 11.1. The lowest BCUT2D eigenvalue weighted by molar-refractivity contribution is -0.138. The van der Waals surface area contributed by atoms with Crippen LogP contribution in [0.4, 0.5) is 0 Å². The molecular weight excluding hydrogens is 262 g/mol. The second-order valence-corrected chi connectivity index (χ2v) is 4.89. The molecule has 0 amide bonds. The van der Waals surface area contributed by atoms with E-state index in [9.17, 15) is 9.90 Å². The Hall–Kier alpha value is -1.87. The van der Waals surface area contributed by atoms with Crippen LogP contribution < -0.4 is 0 Å². The lowest BCUT2D eigenvalue weighted by Crippen LogP contribution is -2.14. The first-order valence-electron chi connectivity index (χ1n) is 5.96. The normalized spacial score (nSPS) is 12.1. The molecule has 98 valence electrons. The molecule has 1 aromatic carbocycles. The summed E-state index contributed by atoms with van der Waals surface area (Å²) in [7, 11) is 0. The van der Waals surface area contributed by atoms with Gasteiger partial charge < -0.3 is 5.11 Å².